The van der Waals surface area contributed by atoms with E-state index in [0.717, 1.165) is 29.9 Å². The molecule has 0 N–H and O–H groups in total. The molecule has 0 bridgehead atoms. The van der Waals surface area contributed by atoms with Crippen LogP contribution < -0.4 is 4.90 Å². The number of hydrogen-bond donors (Lipinski definition) is 0. The molecule has 1 aliphatic heterocycles. The molecule has 138 valence electrons. The molecule has 3 aromatic rings. The zero-order chi connectivity index (χ0) is 18.8. The highest BCUT2D eigenvalue weighted by Gasteiger charge is 2.26. The number of hydrogen-bond acceptors (Lipinski definition) is 5. The molecule has 0 saturated carbocycles. The minimum absolute atomic E-state index is 0.0294. The quantitative estimate of drug-likeness (QED) is 0.691. The van der Waals surface area contributed by atoms with Gasteiger partial charge in [0.15, 0.2) is 0 Å². The molecule has 2 heterocycles. The third kappa shape index (κ3) is 3.80. The SMILES string of the molecule is Cc1ccc(-c2nnc(C(=O)N3CCN(c4cccc(Cl)c4)CC3)o2)cc1. The van der Waals surface area contributed by atoms with Crippen molar-refractivity contribution in [3.63, 3.8) is 0 Å². The van der Waals surface area contributed by atoms with E-state index in [1.54, 1.807) is 4.90 Å². The minimum atomic E-state index is -0.230. The molecule has 1 saturated heterocycles. The van der Waals surface area contributed by atoms with Gasteiger partial charge in [0.2, 0.25) is 5.89 Å². The Morgan fingerprint density at radius 1 is 1.04 bits per heavy atom. The van der Waals surface area contributed by atoms with Crippen molar-refractivity contribution in [1.82, 2.24) is 15.1 Å². The van der Waals surface area contributed by atoms with Crippen LogP contribution in [0.1, 0.15) is 16.2 Å². The summed E-state index contributed by atoms with van der Waals surface area (Å²) in [5.41, 5.74) is 3.01. The van der Waals surface area contributed by atoms with Crippen LogP contribution in [0.3, 0.4) is 0 Å². The van der Waals surface area contributed by atoms with Gasteiger partial charge in [0.05, 0.1) is 0 Å². The Hall–Kier alpha value is -2.86. The number of aryl methyl sites for hydroxylation is 1. The summed E-state index contributed by atoms with van der Waals surface area (Å²) in [6.07, 6.45) is 0. The number of aromatic nitrogens is 2. The molecule has 2 aromatic carbocycles. The summed E-state index contributed by atoms with van der Waals surface area (Å²) in [6.45, 7) is 4.65. The van der Waals surface area contributed by atoms with E-state index in [2.05, 4.69) is 15.1 Å². The molecule has 7 heteroatoms. The van der Waals surface area contributed by atoms with Gasteiger partial charge in [0.1, 0.15) is 0 Å². The number of benzene rings is 2. The molecular formula is C20H19ClN4O2. The Balaban J connectivity index is 1.42. The molecular weight excluding hydrogens is 364 g/mol. The average molecular weight is 383 g/mol. The Morgan fingerprint density at radius 2 is 1.78 bits per heavy atom. The number of rotatable bonds is 3. The fourth-order valence-electron chi connectivity index (χ4n) is 3.10. The van der Waals surface area contributed by atoms with Crippen LogP contribution in [-0.2, 0) is 0 Å². The molecule has 0 unspecified atom stereocenters. The van der Waals surface area contributed by atoms with Gasteiger partial charge in [-0.3, -0.25) is 4.79 Å². The maximum Gasteiger partial charge on any atom is 0.311 e. The van der Waals surface area contributed by atoms with Crippen molar-refractivity contribution in [2.45, 2.75) is 6.92 Å². The third-order valence-electron chi connectivity index (χ3n) is 4.65. The number of carbonyl (C=O) groups excluding carboxylic acids is 1. The molecule has 4 rings (SSSR count). The molecule has 1 fully saturated rings. The summed E-state index contributed by atoms with van der Waals surface area (Å²) < 4.78 is 5.61. The number of halogens is 1. The lowest BCUT2D eigenvalue weighted by molar-refractivity contribution is 0.0707. The van der Waals surface area contributed by atoms with E-state index in [-0.39, 0.29) is 11.8 Å². The summed E-state index contributed by atoms with van der Waals surface area (Å²) in [7, 11) is 0. The Bertz CT molecular complexity index is 947. The van der Waals surface area contributed by atoms with Gasteiger partial charge >= 0.3 is 11.8 Å². The lowest BCUT2D eigenvalue weighted by Crippen LogP contribution is -2.48. The van der Waals surface area contributed by atoms with Gasteiger partial charge in [0.25, 0.3) is 0 Å². The first-order chi connectivity index (χ1) is 13.1. The van der Waals surface area contributed by atoms with Crippen molar-refractivity contribution in [1.29, 1.82) is 0 Å². The lowest BCUT2D eigenvalue weighted by atomic mass is 10.1. The van der Waals surface area contributed by atoms with Gasteiger partial charge in [-0.25, -0.2) is 0 Å². The van der Waals surface area contributed by atoms with Crippen LogP contribution in [0.5, 0.6) is 0 Å². The van der Waals surface area contributed by atoms with Gasteiger partial charge < -0.3 is 14.2 Å². The molecule has 0 atom stereocenters. The first kappa shape index (κ1) is 17.5. The van der Waals surface area contributed by atoms with Crippen LogP contribution in [0.25, 0.3) is 11.5 Å². The van der Waals surface area contributed by atoms with Gasteiger partial charge in [-0.05, 0) is 37.3 Å². The molecule has 0 aliphatic carbocycles. The Labute approximate surface area is 162 Å². The number of anilines is 1. The molecule has 1 amide bonds. The minimum Gasteiger partial charge on any atom is -0.412 e. The normalized spacial score (nSPS) is 14.4. The maximum absolute atomic E-state index is 12.7. The van der Waals surface area contributed by atoms with Crippen molar-refractivity contribution in [2.24, 2.45) is 0 Å². The summed E-state index contributed by atoms with van der Waals surface area (Å²) >= 11 is 6.07. The standard InChI is InChI=1S/C20H19ClN4O2/c1-14-5-7-15(8-6-14)18-22-23-19(27-18)20(26)25-11-9-24(10-12-25)17-4-2-3-16(21)13-17/h2-8,13H,9-12H2,1H3. The van der Waals surface area contributed by atoms with Crippen LogP contribution in [0.2, 0.25) is 5.02 Å². The zero-order valence-electron chi connectivity index (χ0n) is 14.9. The Kier molecular flexibility index (Phi) is 4.81. The van der Waals surface area contributed by atoms with Gasteiger partial charge in [0, 0.05) is 42.5 Å². The molecule has 27 heavy (non-hydrogen) atoms. The highest BCUT2D eigenvalue weighted by atomic mass is 35.5. The first-order valence-electron chi connectivity index (χ1n) is 8.80. The van der Waals surface area contributed by atoms with Crippen LogP contribution in [-0.4, -0.2) is 47.2 Å². The van der Waals surface area contributed by atoms with Crippen LogP contribution in [0.15, 0.2) is 52.9 Å². The van der Waals surface area contributed by atoms with Gasteiger partial charge in [-0.2, -0.15) is 0 Å². The fraction of sp³-hybridized carbons (Fsp3) is 0.250. The zero-order valence-corrected chi connectivity index (χ0v) is 15.7. The number of carbonyl (C=O) groups is 1. The van der Waals surface area contributed by atoms with E-state index < -0.39 is 0 Å². The number of nitrogens with zero attached hydrogens (tertiary/aromatic N) is 4. The number of amides is 1. The van der Waals surface area contributed by atoms with Crippen LogP contribution in [0, 0.1) is 6.92 Å². The third-order valence-corrected chi connectivity index (χ3v) is 4.88. The average Bonchev–Trinajstić information content (AvgIpc) is 3.18. The van der Waals surface area contributed by atoms with Crippen molar-refractivity contribution >= 4 is 23.2 Å². The van der Waals surface area contributed by atoms with E-state index in [1.807, 2.05) is 55.5 Å². The summed E-state index contributed by atoms with van der Waals surface area (Å²) in [5.74, 6) is 0.157. The lowest BCUT2D eigenvalue weighted by Gasteiger charge is -2.35. The van der Waals surface area contributed by atoms with E-state index >= 15 is 0 Å². The van der Waals surface area contributed by atoms with Crippen molar-refractivity contribution in [2.75, 3.05) is 31.1 Å². The molecule has 1 aliphatic rings. The van der Waals surface area contributed by atoms with Crippen molar-refractivity contribution in [3.05, 3.63) is 65.0 Å². The highest BCUT2D eigenvalue weighted by Crippen LogP contribution is 2.22. The first-order valence-corrected chi connectivity index (χ1v) is 9.18. The fourth-order valence-corrected chi connectivity index (χ4v) is 3.28. The predicted octanol–water partition coefficient (Wildman–Crippen LogP) is 3.66. The molecule has 0 radical (unpaired) electrons. The molecule has 0 spiro atoms. The summed E-state index contributed by atoms with van der Waals surface area (Å²) in [5, 5.41) is 8.66. The topological polar surface area (TPSA) is 62.5 Å². The molecule has 1 aromatic heterocycles. The second kappa shape index (κ2) is 7.40. The van der Waals surface area contributed by atoms with Gasteiger partial charge in [-0.1, -0.05) is 35.4 Å². The maximum atomic E-state index is 12.7. The second-order valence-corrected chi connectivity index (χ2v) is 6.97. The second-order valence-electron chi connectivity index (χ2n) is 6.54. The van der Waals surface area contributed by atoms with Crippen molar-refractivity contribution in [3.8, 4) is 11.5 Å². The van der Waals surface area contributed by atoms with E-state index in [1.165, 1.54) is 0 Å². The monoisotopic (exact) mass is 382 g/mol. The number of piperazine rings is 1. The predicted molar refractivity (Wildman–Crippen MR) is 104 cm³/mol. The Morgan fingerprint density at radius 3 is 2.48 bits per heavy atom. The van der Waals surface area contributed by atoms with E-state index in [9.17, 15) is 4.79 Å². The molecule has 6 nitrogen and oxygen atoms in total. The van der Waals surface area contributed by atoms with Crippen molar-refractivity contribution < 1.29 is 9.21 Å². The smallest absolute Gasteiger partial charge is 0.311 e. The largest absolute Gasteiger partial charge is 0.412 e. The highest BCUT2D eigenvalue weighted by molar-refractivity contribution is 6.30. The summed E-state index contributed by atoms with van der Waals surface area (Å²) in [4.78, 5) is 16.6. The van der Waals surface area contributed by atoms with Gasteiger partial charge in [-0.15, -0.1) is 10.2 Å². The van der Waals surface area contributed by atoms with E-state index in [4.69, 9.17) is 16.0 Å². The van der Waals surface area contributed by atoms with Crippen LogP contribution >= 0.6 is 11.6 Å². The summed E-state index contributed by atoms with van der Waals surface area (Å²) in [6, 6.07) is 15.5. The van der Waals surface area contributed by atoms with E-state index in [0.29, 0.717) is 24.0 Å². The van der Waals surface area contributed by atoms with Crippen LogP contribution in [0.4, 0.5) is 5.69 Å².